The molecule has 0 saturated carbocycles. The van der Waals surface area contributed by atoms with Crippen LogP contribution in [0.3, 0.4) is 0 Å². The average molecular weight is 392 g/mol. The first kappa shape index (κ1) is 18.3. The second kappa shape index (κ2) is 7.86. The molecule has 0 fully saturated rings. The fourth-order valence-electron chi connectivity index (χ4n) is 3.46. The summed E-state index contributed by atoms with van der Waals surface area (Å²) in [6.07, 6.45) is 0.192. The lowest BCUT2D eigenvalue weighted by molar-refractivity contribution is -0.117. The van der Waals surface area contributed by atoms with Gasteiger partial charge in [-0.05, 0) is 35.2 Å². The van der Waals surface area contributed by atoms with Crippen molar-refractivity contribution in [3.8, 4) is 5.75 Å². The van der Waals surface area contributed by atoms with E-state index in [-0.39, 0.29) is 24.3 Å². The summed E-state index contributed by atoms with van der Waals surface area (Å²) < 4.78 is 5.21. The Balaban J connectivity index is 1.55. The predicted octanol–water partition coefficient (Wildman–Crippen LogP) is 4.48. The number of hydrogen-bond donors (Lipinski definition) is 1. The van der Waals surface area contributed by atoms with Crippen LogP contribution in [0.4, 0.5) is 5.69 Å². The van der Waals surface area contributed by atoms with Gasteiger partial charge in [-0.3, -0.25) is 9.59 Å². The predicted molar refractivity (Wildman–Crippen MR) is 110 cm³/mol. The Bertz CT molecular complexity index is 1000. The van der Waals surface area contributed by atoms with Crippen molar-refractivity contribution in [2.45, 2.75) is 19.0 Å². The Hall–Kier alpha value is -3.12. The lowest BCUT2D eigenvalue weighted by Crippen LogP contribution is -2.31. The zero-order valence-corrected chi connectivity index (χ0v) is 16.2. The van der Waals surface area contributed by atoms with Crippen molar-refractivity contribution in [2.75, 3.05) is 12.4 Å². The van der Waals surface area contributed by atoms with Crippen LogP contribution in [0.1, 0.15) is 33.3 Å². The summed E-state index contributed by atoms with van der Waals surface area (Å²) in [6, 6.07) is 18.5. The van der Waals surface area contributed by atoms with E-state index in [2.05, 4.69) is 5.32 Å². The summed E-state index contributed by atoms with van der Waals surface area (Å²) in [5.41, 5.74) is 2.39. The summed E-state index contributed by atoms with van der Waals surface area (Å²) in [6.45, 7) is 0.518. The summed E-state index contributed by atoms with van der Waals surface area (Å²) >= 11 is 1.56. The van der Waals surface area contributed by atoms with Crippen LogP contribution in [0.2, 0.25) is 0 Å². The van der Waals surface area contributed by atoms with Crippen molar-refractivity contribution in [3.05, 3.63) is 82.0 Å². The first-order valence-electron chi connectivity index (χ1n) is 9.02. The number of carbonyl (C=O) groups is 2. The molecule has 0 unspecified atom stereocenters. The van der Waals surface area contributed by atoms with E-state index in [1.54, 1.807) is 29.4 Å². The molecule has 1 aliphatic heterocycles. The number of hydrogen-bond acceptors (Lipinski definition) is 4. The molecule has 0 saturated heterocycles. The lowest BCUT2D eigenvalue weighted by Gasteiger charge is -2.26. The number of fused-ring (bicyclic) bond motifs is 1. The van der Waals surface area contributed by atoms with Crippen molar-refractivity contribution in [1.82, 2.24) is 4.90 Å². The molecule has 3 aromatic rings. The van der Waals surface area contributed by atoms with Crippen LogP contribution in [0.5, 0.6) is 5.75 Å². The molecule has 0 bridgehead atoms. The standard InChI is InChI=1S/C22H20N2O3S/c1-27-17-8-4-7-16(12-17)23-21(25)13-19(20-10-5-11-28-20)24-14-15-6-2-3-9-18(15)22(24)26/h2-12,19H,13-14H2,1H3,(H,23,25)/t19-/m0/s1. The Labute approximate surface area is 167 Å². The quantitative estimate of drug-likeness (QED) is 0.673. The minimum absolute atomic E-state index is 0.0248. The molecule has 1 N–H and O–H groups in total. The molecule has 2 aromatic carbocycles. The number of methoxy groups -OCH3 is 1. The van der Waals surface area contributed by atoms with Crippen LogP contribution in [-0.2, 0) is 11.3 Å². The van der Waals surface area contributed by atoms with Gasteiger partial charge >= 0.3 is 0 Å². The van der Waals surface area contributed by atoms with Crippen LogP contribution < -0.4 is 10.1 Å². The maximum atomic E-state index is 12.9. The minimum Gasteiger partial charge on any atom is -0.497 e. The molecule has 4 rings (SSSR count). The molecule has 1 aliphatic rings. The van der Waals surface area contributed by atoms with Crippen molar-refractivity contribution in [2.24, 2.45) is 0 Å². The molecule has 6 heteroatoms. The maximum absolute atomic E-state index is 12.9. The third-order valence-electron chi connectivity index (χ3n) is 4.83. The zero-order chi connectivity index (χ0) is 19.5. The average Bonchev–Trinajstić information content (AvgIpc) is 3.35. The normalized spacial score (nSPS) is 13.9. The third kappa shape index (κ3) is 3.64. The Morgan fingerprint density at radius 3 is 2.79 bits per heavy atom. The molecule has 0 spiro atoms. The van der Waals surface area contributed by atoms with Crippen molar-refractivity contribution in [3.63, 3.8) is 0 Å². The van der Waals surface area contributed by atoms with Gasteiger partial charge in [0.15, 0.2) is 0 Å². The van der Waals surface area contributed by atoms with Crippen LogP contribution in [0.25, 0.3) is 0 Å². The van der Waals surface area contributed by atoms with Crippen LogP contribution in [0, 0.1) is 0 Å². The molecule has 2 heterocycles. The van der Waals surface area contributed by atoms with E-state index in [1.165, 1.54) is 0 Å². The monoisotopic (exact) mass is 392 g/mol. The summed E-state index contributed by atoms with van der Waals surface area (Å²) in [7, 11) is 1.59. The number of nitrogens with zero attached hydrogens (tertiary/aromatic N) is 1. The van der Waals surface area contributed by atoms with Crippen molar-refractivity contribution in [1.29, 1.82) is 0 Å². The van der Waals surface area contributed by atoms with Gasteiger partial charge in [0.05, 0.1) is 19.6 Å². The first-order chi connectivity index (χ1) is 13.7. The molecule has 1 aromatic heterocycles. The van der Waals surface area contributed by atoms with Crippen molar-refractivity contribution < 1.29 is 14.3 Å². The second-order valence-electron chi connectivity index (χ2n) is 6.61. The van der Waals surface area contributed by atoms with Crippen molar-refractivity contribution >= 4 is 28.8 Å². The van der Waals surface area contributed by atoms with Gasteiger partial charge in [-0.1, -0.05) is 30.3 Å². The molecule has 142 valence electrons. The third-order valence-corrected chi connectivity index (χ3v) is 5.80. The second-order valence-corrected chi connectivity index (χ2v) is 7.58. The number of anilines is 1. The van der Waals surface area contributed by atoms with Crippen LogP contribution >= 0.6 is 11.3 Å². The fraction of sp³-hybridized carbons (Fsp3) is 0.182. The lowest BCUT2D eigenvalue weighted by atomic mass is 10.1. The minimum atomic E-state index is -0.300. The Morgan fingerprint density at radius 2 is 2.04 bits per heavy atom. The highest BCUT2D eigenvalue weighted by atomic mass is 32.1. The summed E-state index contributed by atoms with van der Waals surface area (Å²) in [5, 5.41) is 4.88. The molecule has 0 aliphatic carbocycles. The van der Waals surface area contributed by atoms with Gasteiger partial charge < -0.3 is 15.0 Å². The Morgan fingerprint density at radius 1 is 1.18 bits per heavy atom. The molecule has 2 amide bonds. The zero-order valence-electron chi connectivity index (χ0n) is 15.4. The highest BCUT2D eigenvalue weighted by Gasteiger charge is 2.34. The number of nitrogens with one attached hydrogen (secondary N) is 1. The molecular weight excluding hydrogens is 372 g/mol. The molecule has 1 atom stereocenters. The van der Waals surface area contributed by atoms with Gasteiger partial charge in [-0.2, -0.15) is 0 Å². The largest absolute Gasteiger partial charge is 0.497 e. The van der Waals surface area contributed by atoms with Gasteiger partial charge in [-0.15, -0.1) is 11.3 Å². The van der Waals surface area contributed by atoms with E-state index in [4.69, 9.17) is 4.74 Å². The number of ether oxygens (including phenoxy) is 1. The fourth-order valence-corrected chi connectivity index (χ4v) is 4.30. The smallest absolute Gasteiger partial charge is 0.255 e. The molecular formula is C22H20N2O3S. The van der Waals surface area contributed by atoms with Gasteiger partial charge in [0.25, 0.3) is 5.91 Å². The van der Waals surface area contributed by atoms with E-state index in [0.29, 0.717) is 18.0 Å². The van der Waals surface area contributed by atoms with Crippen LogP contribution in [0.15, 0.2) is 66.0 Å². The first-order valence-corrected chi connectivity index (χ1v) is 9.90. The number of carbonyl (C=O) groups excluding carboxylic acids is 2. The van der Waals surface area contributed by atoms with Gasteiger partial charge in [-0.25, -0.2) is 0 Å². The highest BCUT2D eigenvalue weighted by molar-refractivity contribution is 7.10. The molecule has 28 heavy (non-hydrogen) atoms. The number of rotatable bonds is 6. The topological polar surface area (TPSA) is 58.6 Å². The SMILES string of the molecule is COc1cccc(NC(=O)C[C@@H](c2cccs2)N2Cc3ccccc3C2=O)c1. The van der Waals surface area contributed by atoms with E-state index in [0.717, 1.165) is 16.0 Å². The van der Waals surface area contributed by atoms with Gasteiger partial charge in [0.2, 0.25) is 5.91 Å². The molecule has 5 nitrogen and oxygen atoms in total. The highest BCUT2D eigenvalue weighted by Crippen LogP contribution is 2.35. The number of amides is 2. The van der Waals surface area contributed by atoms with E-state index in [1.807, 2.05) is 60.0 Å². The van der Waals surface area contributed by atoms with Gasteiger partial charge in [0.1, 0.15) is 5.75 Å². The van der Waals surface area contributed by atoms with E-state index >= 15 is 0 Å². The van der Waals surface area contributed by atoms with Crippen LogP contribution in [-0.4, -0.2) is 23.8 Å². The number of thiophene rings is 1. The molecule has 0 radical (unpaired) electrons. The van der Waals surface area contributed by atoms with E-state index in [9.17, 15) is 9.59 Å². The Kier molecular flexibility index (Phi) is 5.12. The summed E-state index contributed by atoms with van der Waals surface area (Å²) in [4.78, 5) is 28.5. The van der Waals surface area contributed by atoms with Gasteiger partial charge in [0, 0.05) is 28.7 Å². The van der Waals surface area contributed by atoms with E-state index < -0.39 is 0 Å². The summed E-state index contributed by atoms with van der Waals surface area (Å²) in [5.74, 6) is 0.511. The number of benzene rings is 2. The maximum Gasteiger partial charge on any atom is 0.255 e.